The van der Waals surface area contributed by atoms with E-state index in [1.54, 1.807) is 0 Å². The average Bonchev–Trinajstić information content (AvgIpc) is 2.32. The van der Waals surface area contributed by atoms with Gasteiger partial charge in [0.15, 0.2) is 0 Å². The van der Waals surface area contributed by atoms with Gasteiger partial charge in [-0.05, 0) is 25.8 Å². The van der Waals surface area contributed by atoms with Crippen LogP contribution < -0.4 is 16.4 Å². The van der Waals surface area contributed by atoms with Crippen LogP contribution in [0, 0.1) is 0 Å². The summed E-state index contributed by atoms with van der Waals surface area (Å²) in [7, 11) is 0. The zero-order valence-electron chi connectivity index (χ0n) is 8.01. The fourth-order valence-corrected chi connectivity index (χ4v) is 1.72. The van der Waals surface area contributed by atoms with Crippen LogP contribution in [0.2, 0.25) is 0 Å². The van der Waals surface area contributed by atoms with E-state index in [2.05, 4.69) is 10.6 Å². The van der Waals surface area contributed by atoms with Crippen LogP contribution in [0.25, 0.3) is 0 Å². The van der Waals surface area contributed by atoms with Crippen LogP contribution in [-0.2, 0) is 0 Å². The summed E-state index contributed by atoms with van der Waals surface area (Å²) in [5.74, 6) is 0. The summed E-state index contributed by atoms with van der Waals surface area (Å²) in [6.45, 7) is 1.80. The molecular weight excluding hydrogens is 166 g/mol. The number of carbonyl (C=O) groups is 1. The molecule has 0 saturated carbocycles. The summed E-state index contributed by atoms with van der Waals surface area (Å²) in [5, 5.41) is 6.08. The Morgan fingerprint density at radius 3 is 3.08 bits per heavy atom. The van der Waals surface area contributed by atoms with E-state index in [9.17, 15) is 4.79 Å². The number of carbonyl (C=O) groups excluding carboxylic acids is 1. The molecule has 0 aromatic rings. The number of rotatable bonds is 3. The highest BCUT2D eigenvalue weighted by Crippen LogP contribution is 2.10. The van der Waals surface area contributed by atoms with E-state index >= 15 is 0 Å². The summed E-state index contributed by atoms with van der Waals surface area (Å²) in [4.78, 5) is 10.4. The molecule has 1 unspecified atom stereocenters. The lowest BCUT2D eigenvalue weighted by atomic mass is 10.1. The lowest BCUT2D eigenvalue weighted by Gasteiger charge is -2.15. The van der Waals surface area contributed by atoms with Crippen molar-refractivity contribution in [3.63, 3.8) is 0 Å². The smallest absolute Gasteiger partial charge is 0.312 e. The van der Waals surface area contributed by atoms with Gasteiger partial charge in [0.25, 0.3) is 0 Å². The van der Waals surface area contributed by atoms with Crippen molar-refractivity contribution in [1.82, 2.24) is 10.6 Å². The van der Waals surface area contributed by atoms with Crippen molar-refractivity contribution in [2.75, 3.05) is 13.1 Å². The highest BCUT2D eigenvalue weighted by Gasteiger charge is 2.10. The van der Waals surface area contributed by atoms with Gasteiger partial charge < -0.3 is 16.4 Å². The SMILES string of the molecule is NC(=O)NCCC1CCCCCN1. The van der Waals surface area contributed by atoms with E-state index in [0.717, 1.165) is 13.0 Å². The van der Waals surface area contributed by atoms with Gasteiger partial charge in [0.1, 0.15) is 0 Å². The van der Waals surface area contributed by atoms with Gasteiger partial charge in [0.2, 0.25) is 0 Å². The maximum Gasteiger partial charge on any atom is 0.312 e. The van der Waals surface area contributed by atoms with Crippen LogP contribution in [0.1, 0.15) is 32.1 Å². The first-order valence-corrected chi connectivity index (χ1v) is 5.06. The van der Waals surface area contributed by atoms with Crippen molar-refractivity contribution >= 4 is 6.03 Å². The molecule has 0 aromatic heterocycles. The Morgan fingerprint density at radius 2 is 2.31 bits per heavy atom. The Hall–Kier alpha value is -0.770. The molecule has 76 valence electrons. The molecule has 2 amide bonds. The molecule has 0 radical (unpaired) electrons. The molecule has 4 heteroatoms. The Bertz CT molecular complexity index is 153. The summed E-state index contributed by atoms with van der Waals surface area (Å²) >= 11 is 0. The Kier molecular flexibility index (Phi) is 4.60. The molecule has 1 rings (SSSR count). The molecule has 1 fully saturated rings. The largest absolute Gasteiger partial charge is 0.352 e. The monoisotopic (exact) mass is 185 g/mol. The van der Waals surface area contributed by atoms with Crippen LogP contribution in [0.5, 0.6) is 0 Å². The first-order valence-electron chi connectivity index (χ1n) is 5.06. The van der Waals surface area contributed by atoms with Crippen molar-refractivity contribution in [2.45, 2.75) is 38.1 Å². The van der Waals surface area contributed by atoms with Crippen LogP contribution in [0.15, 0.2) is 0 Å². The topological polar surface area (TPSA) is 67.2 Å². The van der Waals surface area contributed by atoms with E-state index in [4.69, 9.17) is 5.73 Å². The Labute approximate surface area is 79.3 Å². The lowest BCUT2D eigenvalue weighted by Crippen LogP contribution is -2.35. The van der Waals surface area contributed by atoms with Gasteiger partial charge in [-0.3, -0.25) is 0 Å². The number of hydrogen-bond acceptors (Lipinski definition) is 2. The highest BCUT2D eigenvalue weighted by molar-refractivity contribution is 5.71. The molecule has 0 bridgehead atoms. The van der Waals surface area contributed by atoms with Crippen molar-refractivity contribution in [2.24, 2.45) is 5.73 Å². The fraction of sp³-hybridized carbons (Fsp3) is 0.889. The van der Waals surface area contributed by atoms with Crippen molar-refractivity contribution in [3.05, 3.63) is 0 Å². The molecule has 4 nitrogen and oxygen atoms in total. The maximum absolute atomic E-state index is 10.4. The van der Waals surface area contributed by atoms with Crippen LogP contribution >= 0.6 is 0 Å². The number of amides is 2. The Morgan fingerprint density at radius 1 is 1.46 bits per heavy atom. The predicted octanol–water partition coefficient (Wildman–Crippen LogP) is 0.577. The van der Waals surface area contributed by atoms with Gasteiger partial charge in [-0.1, -0.05) is 12.8 Å². The number of hydrogen-bond donors (Lipinski definition) is 3. The van der Waals surface area contributed by atoms with Gasteiger partial charge in [-0.2, -0.15) is 0 Å². The third-order valence-corrected chi connectivity index (χ3v) is 2.45. The summed E-state index contributed by atoms with van der Waals surface area (Å²) in [5.41, 5.74) is 4.97. The molecule has 4 N–H and O–H groups in total. The summed E-state index contributed by atoms with van der Waals surface area (Å²) in [6, 6.07) is 0.142. The molecule has 0 aromatic carbocycles. The molecule has 1 atom stereocenters. The average molecular weight is 185 g/mol. The van der Waals surface area contributed by atoms with Gasteiger partial charge in [0.05, 0.1) is 0 Å². The second-order valence-corrected chi connectivity index (χ2v) is 3.58. The van der Waals surface area contributed by atoms with Gasteiger partial charge >= 0.3 is 6.03 Å². The number of nitrogens with two attached hydrogens (primary N) is 1. The minimum atomic E-state index is -0.423. The molecule has 1 saturated heterocycles. The molecular formula is C9H19N3O. The van der Waals surface area contributed by atoms with Crippen molar-refractivity contribution in [3.8, 4) is 0 Å². The normalized spacial score (nSPS) is 23.5. The Balaban J connectivity index is 2.08. The summed E-state index contributed by atoms with van der Waals surface area (Å²) in [6.07, 6.45) is 6.12. The first kappa shape index (κ1) is 10.3. The number of nitrogens with one attached hydrogen (secondary N) is 2. The molecule has 0 spiro atoms. The predicted molar refractivity (Wildman–Crippen MR) is 52.5 cm³/mol. The molecule has 1 aliphatic heterocycles. The molecule has 13 heavy (non-hydrogen) atoms. The van der Waals surface area contributed by atoms with E-state index < -0.39 is 6.03 Å². The molecule has 0 aliphatic carbocycles. The number of urea groups is 1. The van der Waals surface area contributed by atoms with E-state index in [0.29, 0.717) is 12.6 Å². The highest BCUT2D eigenvalue weighted by atomic mass is 16.2. The van der Waals surface area contributed by atoms with E-state index in [1.807, 2.05) is 0 Å². The second kappa shape index (κ2) is 5.80. The van der Waals surface area contributed by atoms with Gasteiger partial charge in [-0.25, -0.2) is 4.79 Å². The zero-order chi connectivity index (χ0) is 9.52. The lowest BCUT2D eigenvalue weighted by molar-refractivity contribution is 0.248. The number of primary amides is 1. The third-order valence-electron chi connectivity index (χ3n) is 2.45. The minimum absolute atomic E-state index is 0.423. The first-order chi connectivity index (χ1) is 6.29. The maximum atomic E-state index is 10.4. The second-order valence-electron chi connectivity index (χ2n) is 3.58. The van der Waals surface area contributed by atoms with Gasteiger partial charge in [0, 0.05) is 12.6 Å². The van der Waals surface area contributed by atoms with Gasteiger partial charge in [-0.15, -0.1) is 0 Å². The summed E-state index contributed by atoms with van der Waals surface area (Å²) < 4.78 is 0. The third kappa shape index (κ3) is 4.72. The zero-order valence-corrected chi connectivity index (χ0v) is 8.01. The van der Waals surface area contributed by atoms with Crippen molar-refractivity contribution < 1.29 is 4.79 Å². The quantitative estimate of drug-likeness (QED) is 0.602. The van der Waals surface area contributed by atoms with Crippen LogP contribution in [-0.4, -0.2) is 25.2 Å². The van der Waals surface area contributed by atoms with Crippen LogP contribution in [0.3, 0.4) is 0 Å². The van der Waals surface area contributed by atoms with E-state index in [-0.39, 0.29) is 0 Å². The van der Waals surface area contributed by atoms with Crippen molar-refractivity contribution in [1.29, 1.82) is 0 Å². The van der Waals surface area contributed by atoms with E-state index in [1.165, 1.54) is 25.7 Å². The molecule has 1 aliphatic rings. The minimum Gasteiger partial charge on any atom is -0.352 e. The standard InChI is InChI=1S/C9H19N3O/c10-9(13)12-7-5-8-4-2-1-3-6-11-8/h8,11H,1-7H2,(H3,10,12,13). The molecule has 1 heterocycles. The van der Waals surface area contributed by atoms with Crippen LogP contribution in [0.4, 0.5) is 4.79 Å². The fourth-order valence-electron chi connectivity index (χ4n) is 1.72.